The number of thiocarbonyl (C=S) groups is 1. The molecule has 0 saturated heterocycles. The number of amides is 2. The van der Waals surface area contributed by atoms with Crippen molar-refractivity contribution in [2.75, 3.05) is 18.5 Å². The predicted molar refractivity (Wildman–Crippen MR) is 123 cm³/mol. The van der Waals surface area contributed by atoms with Crippen LogP contribution in [-0.2, 0) is 0 Å². The third kappa shape index (κ3) is 7.14. The van der Waals surface area contributed by atoms with Crippen LogP contribution in [0.3, 0.4) is 0 Å². The molecule has 0 aliphatic rings. The van der Waals surface area contributed by atoms with Crippen LogP contribution in [0.1, 0.15) is 47.4 Å². The number of nitrogens with one attached hydrogen (secondary N) is 3. The summed E-state index contributed by atoms with van der Waals surface area (Å²) >= 11 is 8.61. The Hall–Kier alpha value is -2.45. The fourth-order valence-electron chi connectivity index (χ4n) is 2.40. The normalized spacial score (nSPS) is 10.2. The lowest BCUT2D eigenvalue weighted by Gasteiger charge is -2.13. The summed E-state index contributed by atoms with van der Waals surface area (Å²) in [6.07, 6.45) is 1.71. The van der Waals surface area contributed by atoms with Gasteiger partial charge in [-0.05, 0) is 67.5 Å². The average Bonchev–Trinajstić information content (AvgIpc) is 2.71. The number of ether oxygens (including phenoxy) is 1. The van der Waals surface area contributed by atoms with Gasteiger partial charge in [0.15, 0.2) is 5.11 Å². The molecule has 0 radical (unpaired) electrons. The minimum Gasteiger partial charge on any atom is -0.493 e. The van der Waals surface area contributed by atoms with Crippen molar-refractivity contribution in [2.45, 2.75) is 26.7 Å². The topological polar surface area (TPSA) is 79.5 Å². The van der Waals surface area contributed by atoms with Crippen LogP contribution in [0, 0.1) is 0 Å². The Morgan fingerprint density at radius 3 is 2.41 bits per heavy atom. The first-order valence-electron chi connectivity index (χ1n) is 9.37. The van der Waals surface area contributed by atoms with Gasteiger partial charge in [0.1, 0.15) is 5.75 Å². The number of benzene rings is 2. The zero-order valence-corrected chi connectivity index (χ0v) is 18.8. The Morgan fingerprint density at radius 1 is 1.03 bits per heavy atom. The maximum atomic E-state index is 12.6. The largest absolute Gasteiger partial charge is 0.493 e. The molecular formula is C21H24BrN3O3S. The number of carbonyl (C=O) groups excluding carboxylic acids is 2. The van der Waals surface area contributed by atoms with E-state index in [2.05, 4.69) is 31.9 Å². The zero-order chi connectivity index (χ0) is 21.2. The molecule has 0 spiro atoms. The predicted octanol–water partition coefficient (Wildman–Crippen LogP) is 4.50. The molecule has 0 aliphatic heterocycles. The van der Waals surface area contributed by atoms with E-state index in [1.807, 2.05) is 19.9 Å². The van der Waals surface area contributed by atoms with Crippen molar-refractivity contribution in [3.05, 3.63) is 58.1 Å². The van der Waals surface area contributed by atoms with E-state index in [-0.39, 0.29) is 16.9 Å². The van der Waals surface area contributed by atoms with Crippen LogP contribution in [0.15, 0.2) is 46.9 Å². The van der Waals surface area contributed by atoms with E-state index in [4.69, 9.17) is 17.0 Å². The molecule has 6 nitrogen and oxygen atoms in total. The number of anilines is 1. The van der Waals surface area contributed by atoms with Crippen molar-refractivity contribution in [3.63, 3.8) is 0 Å². The quantitative estimate of drug-likeness (QED) is 0.487. The molecule has 2 rings (SSSR count). The summed E-state index contributed by atoms with van der Waals surface area (Å²) < 4.78 is 6.41. The molecule has 0 unspecified atom stereocenters. The van der Waals surface area contributed by atoms with E-state index in [0.717, 1.165) is 17.3 Å². The third-order valence-corrected chi connectivity index (χ3v) is 4.51. The van der Waals surface area contributed by atoms with Crippen LogP contribution in [0.4, 0.5) is 5.69 Å². The highest BCUT2D eigenvalue weighted by atomic mass is 79.9. The first-order valence-corrected chi connectivity index (χ1v) is 10.6. The summed E-state index contributed by atoms with van der Waals surface area (Å²) in [7, 11) is 0. The molecule has 0 atom stereocenters. The summed E-state index contributed by atoms with van der Waals surface area (Å²) in [5, 5.41) is 8.57. The molecule has 0 bridgehead atoms. The highest BCUT2D eigenvalue weighted by molar-refractivity contribution is 9.10. The van der Waals surface area contributed by atoms with E-state index in [9.17, 15) is 9.59 Å². The van der Waals surface area contributed by atoms with E-state index >= 15 is 0 Å². The van der Waals surface area contributed by atoms with E-state index in [1.54, 1.807) is 36.4 Å². The van der Waals surface area contributed by atoms with Gasteiger partial charge in [0.05, 0.1) is 12.2 Å². The Balaban J connectivity index is 1.99. The minimum atomic E-state index is -0.370. The van der Waals surface area contributed by atoms with Crippen LogP contribution in [0.2, 0.25) is 0 Å². The SMILES string of the molecule is CCCNC(=O)c1ccc(NC(=S)NC(=O)c2cc(Br)ccc2OCCC)cc1. The lowest BCUT2D eigenvalue weighted by molar-refractivity contribution is 0.0950. The molecular weight excluding hydrogens is 454 g/mol. The molecule has 3 N–H and O–H groups in total. The van der Waals surface area contributed by atoms with Crippen LogP contribution in [0.5, 0.6) is 5.75 Å². The molecule has 0 aromatic heterocycles. The summed E-state index contributed by atoms with van der Waals surface area (Å²) in [5.41, 5.74) is 1.62. The smallest absolute Gasteiger partial charge is 0.261 e. The summed E-state index contributed by atoms with van der Waals surface area (Å²) in [6, 6.07) is 12.1. The first kappa shape index (κ1) is 22.8. The molecule has 2 aromatic rings. The molecule has 154 valence electrons. The van der Waals surface area contributed by atoms with Crippen molar-refractivity contribution in [3.8, 4) is 5.75 Å². The standard InChI is InChI=1S/C21H24BrN3O3S/c1-3-11-23-19(26)14-5-8-16(9-6-14)24-21(29)25-20(27)17-13-15(22)7-10-18(17)28-12-4-2/h5-10,13H,3-4,11-12H2,1-2H3,(H,23,26)(H2,24,25,27,29). The second kappa shape index (κ2) is 11.5. The second-order valence-corrected chi connectivity index (χ2v) is 7.55. The lowest BCUT2D eigenvalue weighted by atomic mass is 10.2. The van der Waals surface area contributed by atoms with Crippen molar-refractivity contribution in [1.29, 1.82) is 0 Å². The van der Waals surface area contributed by atoms with Gasteiger partial charge in [-0.1, -0.05) is 29.8 Å². The fourth-order valence-corrected chi connectivity index (χ4v) is 2.97. The molecule has 29 heavy (non-hydrogen) atoms. The monoisotopic (exact) mass is 477 g/mol. The Kier molecular flexibility index (Phi) is 9.08. The first-order chi connectivity index (χ1) is 13.9. The van der Waals surface area contributed by atoms with Gasteiger partial charge in [0.25, 0.3) is 11.8 Å². The summed E-state index contributed by atoms with van der Waals surface area (Å²) in [5.74, 6) is 0.00630. The average molecular weight is 478 g/mol. The van der Waals surface area contributed by atoms with Gasteiger partial charge < -0.3 is 15.4 Å². The van der Waals surface area contributed by atoms with Crippen LogP contribution >= 0.6 is 28.1 Å². The number of halogens is 1. The highest BCUT2D eigenvalue weighted by Crippen LogP contribution is 2.23. The third-order valence-electron chi connectivity index (χ3n) is 3.82. The number of carbonyl (C=O) groups is 2. The van der Waals surface area contributed by atoms with Gasteiger partial charge >= 0.3 is 0 Å². The summed E-state index contributed by atoms with van der Waals surface area (Å²) in [4.78, 5) is 24.6. The summed E-state index contributed by atoms with van der Waals surface area (Å²) in [6.45, 7) is 5.14. The van der Waals surface area contributed by atoms with E-state index in [1.165, 1.54) is 0 Å². The molecule has 0 saturated carbocycles. The Labute approximate surface area is 184 Å². The Morgan fingerprint density at radius 2 is 1.76 bits per heavy atom. The van der Waals surface area contributed by atoms with E-state index < -0.39 is 0 Å². The molecule has 2 aromatic carbocycles. The van der Waals surface area contributed by atoms with Gasteiger partial charge in [-0.15, -0.1) is 0 Å². The number of rotatable bonds is 8. The second-order valence-electron chi connectivity index (χ2n) is 6.23. The number of hydrogen-bond acceptors (Lipinski definition) is 4. The van der Waals surface area contributed by atoms with Gasteiger partial charge in [-0.2, -0.15) is 0 Å². The Bertz CT molecular complexity index is 872. The van der Waals surface area contributed by atoms with Gasteiger partial charge in [-0.3, -0.25) is 14.9 Å². The van der Waals surface area contributed by atoms with E-state index in [0.29, 0.717) is 35.7 Å². The van der Waals surface area contributed by atoms with Crippen molar-refractivity contribution < 1.29 is 14.3 Å². The van der Waals surface area contributed by atoms with Gasteiger partial charge in [-0.25, -0.2) is 0 Å². The molecule has 0 aliphatic carbocycles. The highest BCUT2D eigenvalue weighted by Gasteiger charge is 2.15. The van der Waals surface area contributed by atoms with Crippen molar-refractivity contribution in [1.82, 2.24) is 10.6 Å². The maximum absolute atomic E-state index is 12.6. The lowest BCUT2D eigenvalue weighted by Crippen LogP contribution is -2.34. The fraction of sp³-hybridized carbons (Fsp3) is 0.286. The van der Waals surface area contributed by atoms with Crippen LogP contribution in [0.25, 0.3) is 0 Å². The minimum absolute atomic E-state index is 0.122. The molecule has 8 heteroatoms. The van der Waals surface area contributed by atoms with Crippen LogP contribution < -0.4 is 20.7 Å². The maximum Gasteiger partial charge on any atom is 0.261 e. The number of hydrogen-bond donors (Lipinski definition) is 3. The van der Waals surface area contributed by atoms with Crippen LogP contribution in [-0.4, -0.2) is 30.1 Å². The van der Waals surface area contributed by atoms with Gasteiger partial charge in [0, 0.05) is 22.3 Å². The van der Waals surface area contributed by atoms with Crippen molar-refractivity contribution >= 4 is 50.8 Å². The molecule has 0 heterocycles. The van der Waals surface area contributed by atoms with Crippen molar-refractivity contribution in [2.24, 2.45) is 0 Å². The molecule has 2 amide bonds. The zero-order valence-electron chi connectivity index (χ0n) is 16.4. The molecule has 0 fully saturated rings. The van der Waals surface area contributed by atoms with Gasteiger partial charge in [0.2, 0.25) is 0 Å².